The third-order valence-corrected chi connectivity index (χ3v) is 5.63. The van der Waals surface area contributed by atoms with Gasteiger partial charge in [-0.1, -0.05) is 30.0 Å². The Labute approximate surface area is 171 Å². The largest absolute Gasteiger partial charge is 0.496 e. The van der Waals surface area contributed by atoms with Crippen LogP contribution in [0, 0.1) is 0 Å². The van der Waals surface area contributed by atoms with E-state index in [2.05, 4.69) is 15.1 Å². The number of rotatable bonds is 6. The zero-order chi connectivity index (χ0) is 20.4. The molecule has 0 saturated heterocycles. The Hall–Kier alpha value is -2.94. The molecule has 8 nitrogen and oxygen atoms in total. The molecule has 0 radical (unpaired) electrons. The smallest absolute Gasteiger partial charge is 0.316 e. The quantitative estimate of drug-likeness (QED) is 0.450. The van der Waals surface area contributed by atoms with Crippen molar-refractivity contribution in [1.82, 2.24) is 19.6 Å². The minimum atomic E-state index is -0.322. The average molecular weight is 412 g/mol. The normalized spacial score (nSPS) is 15.9. The molecule has 0 N–H and O–H groups in total. The average Bonchev–Trinajstić information content (AvgIpc) is 3.16. The molecule has 0 saturated carbocycles. The van der Waals surface area contributed by atoms with E-state index in [1.165, 1.54) is 11.8 Å². The van der Waals surface area contributed by atoms with Gasteiger partial charge in [-0.25, -0.2) is 4.98 Å². The molecule has 3 aromatic rings. The number of benzene rings is 1. The van der Waals surface area contributed by atoms with E-state index < -0.39 is 0 Å². The van der Waals surface area contributed by atoms with Crippen molar-refractivity contribution >= 4 is 29.3 Å². The van der Waals surface area contributed by atoms with Gasteiger partial charge in [0.1, 0.15) is 5.75 Å². The number of aromatic nitrogens is 4. The highest BCUT2D eigenvalue weighted by Crippen LogP contribution is 2.36. The number of ether oxygens (including phenoxy) is 2. The second kappa shape index (κ2) is 8.20. The van der Waals surface area contributed by atoms with Crippen LogP contribution in [0.4, 0.5) is 0 Å². The number of esters is 1. The Morgan fingerprint density at radius 2 is 2.14 bits per heavy atom. The molecule has 9 heteroatoms. The van der Waals surface area contributed by atoms with Crippen LogP contribution in [-0.4, -0.2) is 50.8 Å². The second-order valence-electron chi connectivity index (χ2n) is 6.59. The van der Waals surface area contributed by atoms with E-state index in [1.54, 1.807) is 24.7 Å². The van der Waals surface area contributed by atoms with Gasteiger partial charge in [-0.15, -0.1) is 5.10 Å². The predicted octanol–water partition coefficient (Wildman–Crippen LogP) is 2.70. The van der Waals surface area contributed by atoms with Crippen LogP contribution in [0.15, 0.2) is 35.6 Å². The van der Waals surface area contributed by atoms with Crippen LogP contribution in [0.25, 0.3) is 5.78 Å². The van der Waals surface area contributed by atoms with Gasteiger partial charge in [-0.3, -0.25) is 9.59 Å². The third kappa shape index (κ3) is 3.82. The van der Waals surface area contributed by atoms with Crippen LogP contribution in [0.2, 0.25) is 0 Å². The predicted molar refractivity (Wildman–Crippen MR) is 107 cm³/mol. The summed E-state index contributed by atoms with van der Waals surface area (Å²) in [7, 11) is 1.63. The van der Waals surface area contributed by atoms with E-state index in [0.717, 1.165) is 17.0 Å². The van der Waals surface area contributed by atoms with Gasteiger partial charge in [-0.05, 0) is 25.0 Å². The van der Waals surface area contributed by atoms with Crippen LogP contribution < -0.4 is 4.74 Å². The van der Waals surface area contributed by atoms with Crippen molar-refractivity contribution in [1.29, 1.82) is 0 Å². The number of fused-ring (bicyclic) bond motifs is 3. The van der Waals surface area contributed by atoms with Gasteiger partial charge in [0, 0.05) is 18.5 Å². The zero-order valence-corrected chi connectivity index (χ0v) is 16.9. The molecule has 1 aromatic carbocycles. The summed E-state index contributed by atoms with van der Waals surface area (Å²) >= 11 is 1.19. The highest BCUT2D eigenvalue weighted by Gasteiger charge is 2.31. The van der Waals surface area contributed by atoms with Gasteiger partial charge in [0.05, 0.1) is 30.7 Å². The molecule has 0 aliphatic heterocycles. The fourth-order valence-corrected chi connectivity index (χ4v) is 4.16. The van der Waals surface area contributed by atoms with Crippen LogP contribution in [0.5, 0.6) is 5.75 Å². The number of methoxy groups -OCH3 is 1. The summed E-state index contributed by atoms with van der Waals surface area (Å²) in [4.78, 5) is 33.0. The SMILES string of the molecule is CCOC(=O)CSc1nc2ncc3c(n2n1)CC(c1ccccc1OC)CC3=O. The van der Waals surface area contributed by atoms with Crippen molar-refractivity contribution in [3.8, 4) is 5.75 Å². The molecule has 2 heterocycles. The molecular weight excluding hydrogens is 392 g/mol. The lowest BCUT2D eigenvalue weighted by atomic mass is 9.82. The monoisotopic (exact) mass is 412 g/mol. The maximum atomic E-state index is 12.8. The van der Waals surface area contributed by atoms with Gasteiger partial charge in [0.25, 0.3) is 5.78 Å². The Bertz CT molecular complexity index is 1080. The zero-order valence-electron chi connectivity index (χ0n) is 16.1. The second-order valence-corrected chi connectivity index (χ2v) is 7.53. The van der Waals surface area contributed by atoms with Crippen molar-refractivity contribution in [2.45, 2.75) is 30.8 Å². The van der Waals surface area contributed by atoms with Crippen molar-refractivity contribution < 1.29 is 19.1 Å². The number of hydrogen-bond acceptors (Lipinski definition) is 8. The summed E-state index contributed by atoms with van der Waals surface area (Å²) < 4.78 is 12.0. The van der Waals surface area contributed by atoms with Crippen LogP contribution in [-0.2, 0) is 16.0 Å². The lowest BCUT2D eigenvalue weighted by Gasteiger charge is -2.25. The number of carbonyl (C=O) groups excluding carboxylic acids is 2. The minimum Gasteiger partial charge on any atom is -0.496 e. The molecule has 1 unspecified atom stereocenters. The van der Waals surface area contributed by atoms with Gasteiger partial charge >= 0.3 is 5.97 Å². The molecule has 150 valence electrons. The van der Waals surface area contributed by atoms with Crippen molar-refractivity contribution in [2.75, 3.05) is 19.5 Å². The fraction of sp³-hybridized carbons (Fsp3) is 0.350. The summed E-state index contributed by atoms with van der Waals surface area (Å²) in [6.07, 6.45) is 2.57. The summed E-state index contributed by atoms with van der Waals surface area (Å²) in [5.74, 6) is 0.976. The molecule has 0 spiro atoms. The first-order valence-corrected chi connectivity index (χ1v) is 10.3. The molecule has 1 atom stereocenters. The topological polar surface area (TPSA) is 95.7 Å². The molecule has 4 rings (SSSR count). The van der Waals surface area contributed by atoms with E-state index in [1.807, 2.05) is 24.3 Å². The maximum Gasteiger partial charge on any atom is 0.316 e. The number of Topliss-reactive ketones (excluding diaryl/α,β-unsaturated/α-hetero) is 1. The van der Waals surface area contributed by atoms with E-state index in [4.69, 9.17) is 9.47 Å². The van der Waals surface area contributed by atoms with Crippen LogP contribution >= 0.6 is 11.8 Å². The van der Waals surface area contributed by atoms with E-state index >= 15 is 0 Å². The van der Waals surface area contributed by atoms with Gasteiger partial charge in [0.2, 0.25) is 5.16 Å². The van der Waals surface area contributed by atoms with Crippen molar-refractivity contribution in [2.24, 2.45) is 0 Å². The van der Waals surface area contributed by atoms with E-state index in [-0.39, 0.29) is 23.4 Å². The summed E-state index contributed by atoms with van der Waals surface area (Å²) in [5.41, 5.74) is 2.34. The first-order valence-electron chi connectivity index (χ1n) is 9.30. The van der Waals surface area contributed by atoms with Crippen LogP contribution in [0.1, 0.15) is 40.9 Å². The Balaban J connectivity index is 1.66. The maximum absolute atomic E-state index is 12.8. The summed E-state index contributed by atoms with van der Waals surface area (Å²) in [5, 5.41) is 4.90. The van der Waals surface area contributed by atoms with E-state index in [0.29, 0.717) is 35.9 Å². The number of para-hydroxylation sites is 1. The molecule has 1 aliphatic rings. The molecule has 0 bridgehead atoms. The van der Waals surface area contributed by atoms with E-state index in [9.17, 15) is 9.59 Å². The van der Waals surface area contributed by atoms with Crippen LogP contribution in [0.3, 0.4) is 0 Å². The molecule has 29 heavy (non-hydrogen) atoms. The first kappa shape index (κ1) is 19.4. The molecular formula is C20H20N4O4S. The lowest BCUT2D eigenvalue weighted by Crippen LogP contribution is -2.22. The highest BCUT2D eigenvalue weighted by molar-refractivity contribution is 7.99. The fourth-order valence-electron chi connectivity index (χ4n) is 3.54. The minimum absolute atomic E-state index is 0.0171. The molecule has 0 fully saturated rings. The number of carbonyl (C=O) groups is 2. The highest BCUT2D eigenvalue weighted by atomic mass is 32.2. The first-order chi connectivity index (χ1) is 14.1. The molecule has 0 amide bonds. The third-order valence-electron chi connectivity index (χ3n) is 4.82. The number of hydrogen-bond donors (Lipinski definition) is 0. The summed E-state index contributed by atoms with van der Waals surface area (Å²) in [6, 6.07) is 7.74. The Kier molecular flexibility index (Phi) is 5.48. The van der Waals surface area contributed by atoms with Gasteiger partial charge in [-0.2, -0.15) is 9.50 Å². The Morgan fingerprint density at radius 1 is 1.31 bits per heavy atom. The van der Waals surface area contributed by atoms with Gasteiger partial charge in [0.15, 0.2) is 5.78 Å². The van der Waals surface area contributed by atoms with Crippen molar-refractivity contribution in [3.05, 3.63) is 47.3 Å². The summed E-state index contributed by atoms with van der Waals surface area (Å²) in [6.45, 7) is 2.09. The van der Waals surface area contributed by atoms with Crippen molar-refractivity contribution in [3.63, 3.8) is 0 Å². The van der Waals surface area contributed by atoms with Gasteiger partial charge < -0.3 is 9.47 Å². The lowest BCUT2D eigenvalue weighted by molar-refractivity contribution is -0.139. The number of nitrogens with zero attached hydrogens (tertiary/aromatic N) is 4. The Morgan fingerprint density at radius 3 is 2.93 bits per heavy atom. The molecule has 2 aromatic heterocycles. The molecule has 1 aliphatic carbocycles. The standard InChI is InChI=1S/C20H20N4O4S/c1-3-28-18(26)11-29-20-22-19-21-10-14-15(24(19)23-20)8-12(9-16(14)25)13-6-4-5-7-17(13)27-2/h4-7,10,12H,3,8-9,11H2,1-2H3. The number of ketones is 1. The number of thioether (sulfide) groups is 1.